The SMILES string of the molecule is CCCNCC(CC)(CC)Cc1ccccc1OC. The number of rotatable bonds is 9. The number of para-hydroxylation sites is 1. The van der Waals surface area contributed by atoms with E-state index in [0.717, 1.165) is 25.3 Å². The Morgan fingerprint density at radius 2 is 1.79 bits per heavy atom. The fourth-order valence-corrected chi connectivity index (χ4v) is 2.60. The minimum atomic E-state index is 0.337. The molecule has 0 saturated heterocycles. The minimum Gasteiger partial charge on any atom is -0.496 e. The van der Waals surface area contributed by atoms with E-state index >= 15 is 0 Å². The monoisotopic (exact) mass is 263 g/mol. The van der Waals surface area contributed by atoms with Crippen molar-refractivity contribution in [3.8, 4) is 5.75 Å². The van der Waals surface area contributed by atoms with Crippen LogP contribution in [0, 0.1) is 5.41 Å². The van der Waals surface area contributed by atoms with Crippen LogP contribution in [0.4, 0.5) is 0 Å². The van der Waals surface area contributed by atoms with Crippen LogP contribution in [0.25, 0.3) is 0 Å². The number of hydrogen-bond acceptors (Lipinski definition) is 2. The first-order valence-electron chi connectivity index (χ1n) is 7.54. The maximum Gasteiger partial charge on any atom is 0.122 e. The lowest BCUT2D eigenvalue weighted by molar-refractivity contribution is 0.244. The van der Waals surface area contributed by atoms with Crippen LogP contribution in [-0.2, 0) is 6.42 Å². The summed E-state index contributed by atoms with van der Waals surface area (Å²) >= 11 is 0. The van der Waals surface area contributed by atoms with E-state index in [-0.39, 0.29) is 0 Å². The number of nitrogens with one attached hydrogen (secondary N) is 1. The third-order valence-corrected chi connectivity index (χ3v) is 4.18. The molecule has 0 radical (unpaired) electrons. The summed E-state index contributed by atoms with van der Waals surface area (Å²) in [7, 11) is 1.76. The molecule has 0 spiro atoms. The first kappa shape index (κ1) is 16.0. The van der Waals surface area contributed by atoms with Crippen molar-refractivity contribution in [2.45, 2.75) is 46.5 Å². The van der Waals surface area contributed by atoms with E-state index in [2.05, 4.69) is 44.3 Å². The fourth-order valence-electron chi connectivity index (χ4n) is 2.60. The maximum atomic E-state index is 5.49. The van der Waals surface area contributed by atoms with Crippen LogP contribution in [-0.4, -0.2) is 20.2 Å². The zero-order chi connectivity index (χ0) is 14.1. The second-order valence-corrected chi connectivity index (χ2v) is 5.37. The summed E-state index contributed by atoms with van der Waals surface area (Å²) in [5, 5.41) is 3.59. The first-order chi connectivity index (χ1) is 9.21. The predicted octanol–water partition coefficient (Wildman–Crippen LogP) is 4.04. The molecular formula is C17H29NO. The first-order valence-corrected chi connectivity index (χ1v) is 7.54. The molecule has 0 atom stereocenters. The highest BCUT2D eigenvalue weighted by Crippen LogP contribution is 2.33. The minimum absolute atomic E-state index is 0.337. The molecular weight excluding hydrogens is 234 g/mol. The summed E-state index contributed by atoms with van der Waals surface area (Å²) in [6, 6.07) is 8.40. The largest absolute Gasteiger partial charge is 0.496 e. The van der Waals surface area contributed by atoms with Gasteiger partial charge in [0.25, 0.3) is 0 Å². The Balaban J connectivity index is 2.81. The van der Waals surface area contributed by atoms with Gasteiger partial charge in [-0.15, -0.1) is 0 Å². The highest BCUT2D eigenvalue weighted by Gasteiger charge is 2.27. The van der Waals surface area contributed by atoms with Gasteiger partial charge in [-0.3, -0.25) is 0 Å². The Bertz CT molecular complexity index is 358. The van der Waals surface area contributed by atoms with E-state index in [0.29, 0.717) is 5.41 Å². The highest BCUT2D eigenvalue weighted by molar-refractivity contribution is 5.34. The van der Waals surface area contributed by atoms with Gasteiger partial charge in [0.15, 0.2) is 0 Å². The van der Waals surface area contributed by atoms with Crippen LogP contribution >= 0.6 is 0 Å². The van der Waals surface area contributed by atoms with Gasteiger partial charge in [0.1, 0.15) is 5.75 Å². The number of hydrogen-bond donors (Lipinski definition) is 1. The van der Waals surface area contributed by atoms with Gasteiger partial charge in [0, 0.05) is 6.54 Å². The standard InChI is InChI=1S/C17H29NO/c1-5-12-18-14-17(6-2,7-3)13-15-10-8-9-11-16(15)19-4/h8-11,18H,5-7,12-14H2,1-4H3. The molecule has 0 aromatic heterocycles. The van der Waals surface area contributed by atoms with E-state index < -0.39 is 0 Å². The second kappa shape index (κ2) is 8.21. The van der Waals surface area contributed by atoms with Gasteiger partial charge >= 0.3 is 0 Å². The summed E-state index contributed by atoms with van der Waals surface area (Å²) in [4.78, 5) is 0. The molecule has 1 N–H and O–H groups in total. The van der Waals surface area contributed by atoms with Crippen molar-refractivity contribution in [3.05, 3.63) is 29.8 Å². The quantitative estimate of drug-likeness (QED) is 0.679. The molecule has 0 aliphatic carbocycles. The zero-order valence-electron chi connectivity index (χ0n) is 13.0. The average Bonchev–Trinajstić information content (AvgIpc) is 2.47. The predicted molar refractivity (Wildman–Crippen MR) is 82.9 cm³/mol. The summed E-state index contributed by atoms with van der Waals surface area (Å²) in [6.45, 7) is 9.01. The molecule has 0 saturated carbocycles. The van der Waals surface area contributed by atoms with Crippen LogP contribution in [0.3, 0.4) is 0 Å². The zero-order valence-corrected chi connectivity index (χ0v) is 13.0. The van der Waals surface area contributed by atoms with Gasteiger partial charge in [-0.2, -0.15) is 0 Å². The van der Waals surface area contributed by atoms with Gasteiger partial charge in [-0.1, -0.05) is 39.0 Å². The Hall–Kier alpha value is -1.02. The molecule has 0 heterocycles. The third kappa shape index (κ3) is 4.54. The van der Waals surface area contributed by atoms with Crippen LogP contribution in [0.5, 0.6) is 5.75 Å². The van der Waals surface area contributed by atoms with Gasteiger partial charge in [-0.05, 0) is 49.3 Å². The Labute approximate surface area is 118 Å². The highest BCUT2D eigenvalue weighted by atomic mass is 16.5. The van der Waals surface area contributed by atoms with Gasteiger partial charge in [-0.25, -0.2) is 0 Å². The molecule has 19 heavy (non-hydrogen) atoms. The number of ether oxygens (including phenoxy) is 1. The van der Waals surface area contributed by atoms with E-state index in [4.69, 9.17) is 4.74 Å². The van der Waals surface area contributed by atoms with Crippen molar-refractivity contribution >= 4 is 0 Å². The van der Waals surface area contributed by atoms with Gasteiger partial charge in [0.2, 0.25) is 0 Å². The normalized spacial score (nSPS) is 11.6. The van der Waals surface area contributed by atoms with Crippen molar-refractivity contribution in [3.63, 3.8) is 0 Å². The number of benzene rings is 1. The summed E-state index contributed by atoms with van der Waals surface area (Å²) in [5.74, 6) is 1.02. The van der Waals surface area contributed by atoms with Crippen LogP contribution in [0.1, 0.15) is 45.6 Å². The summed E-state index contributed by atoms with van der Waals surface area (Å²) in [5.41, 5.74) is 1.66. The van der Waals surface area contributed by atoms with Crippen molar-refractivity contribution in [1.82, 2.24) is 5.32 Å². The molecule has 2 heteroatoms. The van der Waals surface area contributed by atoms with E-state index in [1.165, 1.54) is 24.8 Å². The molecule has 0 aliphatic rings. The van der Waals surface area contributed by atoms with E-state index in [9.17, 15) is 0 Å². The van der Waals surface area contributed by atoms with Crippen molar-refractivity contribution in [2.24, 2.45) is 5.41 Å². The topological polar surface area (TPSA) is 21.3 Å². The van der Waals surface area contributed by atoms with Crippen molar-refractivity contribution in [1.29, 1.82) is 0 Å². The summed E-state index contributed by atoms with van der Waals surface area (Å²) in [6.07, 6.45) is 4.66. The number of methoxy groups -OCH3 is 1. The lowest BCUT2D eigenvalue weighted by Crippen LogP contribution is -2.35. The van der Waals surface area contributed by atoms with E-state index in [1.807, 2.05) is 6.07 Å². The second-order valence-electron chi connectivity index (χ2n) is 5.37. The maximum absolute atomic E-state index is 5.49. The smallest absolute Gasteiger partial charge is 0.122 e. The van der Waals surface area contributed by atoms with E-state index in [1.54, 1.807) is 7.11 Å². The lowest BCUT2D eigenvalue weighted by Gasteiger charge is -2.33. The average molecular weight is 263 g/mol. The molecule has 1 rings (SSSR count). The van der Waals surface area contributed by atoms with Crippen molar-refractivity contribution in [2.75, 3.05) is 20.2 Å². The molecule has 108 valence electrons. The Morgan fingerprint density at radius 3 is 2.37 bits per heavy atom. The van der Waals surface area contributed by atoms with Crippen LogP contribution in [0.2, 0.25) is 0 Å². The Morgan fingerprint density at radius 1 is 1.11 bits per heavy atom. The molecule has 2 nitrogen and oxygen atoms in total. The van der Waals surface area contributed by atoms with Gasteiger partial charge in [0.05, 0.1) is 7.11 Å². The fraction of sp³-hybridized carbons (Fsp3) is 0.647. The molecule has 0 unspecified atom stereocenters. The van der Waals surface area contributed by atoms with Crippen molar-refractivity contribution < 1.29 is 4.74 Å². The van der Waals surface area contributed by atoms with Crippen LogP contribution < -0.4 is 10.1 Å². The third-order valence-electron chi connectivity index (χ3n) is 4.18. The molecule has 0 fully saturated rings. The molecule has 0 amide bonds. The molecule has 0 aliphatic heterocycles. The lowest BCUT2D eigenvalue weighted by atomic mass is 9.76. The summed E-state index contributed by atoms with van der Waals surface area (Å²) < 4.78 is 5.49. The van der Waals surface area contributed by atoms with Crippen LogP contribution in [0.15, 0.2) is 24.3 Å². The molecule has 1 aromatic carbocycles. The molecule has 0 bridgehead atoms. The molecule has 1 aromatic rings. The van der Waals surface area contributed by atoms with Gasteiger partial charge < -0.3 is 10.1 Å². The Kier molecular flexibility index (Phi) is 6.93.